The Morgan fingerprint density at radius 1 is 1.11 bits per heavy atom. The molecule has 2 aliphatic rings. The predicted molar refractivity (Wildman–Crippen MR) is 73.6 cm³/mol. The van der Waals surface area contributed by atoms with E-state index in [-0.39, 0.29) is 6.10 Å². The number of ether oxygens (including phenoxy) is 1. The molecule has 2 aliphatic carbocycles. The molecular weight excluding hydrogens is 226 g/mol. The van der Waals surface area contributed by atoms with E-state index in [1.807, 2.05) is 0 Å². The summed E-state index contributed by atoms with van der Waals surface area (Å²) in [5.74, 6) is 0.888. The first-order valence-electron chi connectivity index (χ1n) is 7.77. The fourth-order valence-electron chi connectivity index (χ4n) is 3.13. The summed E-state index contributed by atoms with van der Waals surface area (Å²) in [6, 6.07) is 0.613. The highest BCUT2D eigenvalue weighted by Gasteiger charge is 2.20. The highest BCUT2D eigenvalue weighted by molar-refractivity contribution is 4.76. The lowest BCUT2D eigenvalue weighted by Crippen LogP contribution is -2.39. The summed E-state index contributed by atoms with van der Waals surface area (Å²) in [6.07, 6.45) is 10.2. The van der Waals surface area contributed by atoms with Crippen molar-refractivity contribution in [3.63, 3.8) is 0 Å². The summed E-state index contributed by atoms with van der Waals surface area (Å²) in [5, 5.41) is 13.4. The van der Waals surface area contributed by atoms with E-state index < -0.39 is 0 Å². The molecule has 106 valence electrons. The predicted octanol–water partition coefficient (Wildman–Crippen LogP) is 2.47. The molecule has 3 heteroatoms. The molecule has 0 aromatic carbocycles. The van der Waals surface area contributed by atoms with E-state index in [1.54, 1.807) is 0 Å². The smallest absolute Gasteiger partial charge is 0.0897 e. The van der Waals surface area contributed by atoms with E-state index in [4.69, 9.17) is 4.74 Å². The Hall–Kier alpha value is -0.120. The number of rotatable bonds is 6. The van der Waals surface area contributed by atoms with Crippen LogP contribution in [0.2, 0.25) is 0 Å². The zero-order valence-electron chi connectivity index (χ0n) is 11.7. The van der Waals surface area contributed by atoms with Crippen molar-refractivity contribution < 1.29 is 9.84 Å². The quantitative estimate of drug-likeness (QED) is 0.766. The van der Waals surface area contributed by atoms with E-state index in [1.165, 1.54) is 51.4 Å². The van der Waals surface area contributed by atoms with Gasteiger partial charge in [0.15, 0.2) is 0 Å². The van der Waals surface area contributed by atoms with Gasteiger partial charge >= 0.3 is 0 Å². The van der Waals surface area contributed by atoms with Gasteiger partial charge in [-0.25, -0.2) is 0 Å². The summed E-state index contributed by atoms with van der Waals surface area (Å²) < 4.78 is 5.73. The van der Waals surface area contributed by atoms with Crippen LogP contribution in [0.3, 0.4) is 0 Å². The number of hydrogen-bond acceptors (Lipinski definition) is 3. The molecule has 1 unspecified atom stereocenters. The maximum atomic E-state index is 9.90. The van der Waals surface area contributed by atoms with Gasteiger partial charge in [-0.2, -0.15) is 0 Å². The molecule has 2 rings (SSSR count). The highest BCUT2D eigenvalue weighted by atomic mass is 16.5. The van der Waals surface area contributed by atoms with E-state index in [2.05, 4.69) is 12.2 Å². The fraction of sp³-hybridized carbons (Fsp3) is 1.00. The van der Waals surface area contributed by atoms with Crippen molar-refractivity contribution in [1.82, 2.24) is 5.32 Å². The van der Waals surface area contributed by atoms with E-state index >= 15 is 0 Å². The van der Waals surface area contributed by atoms with Crippen LogP contribution in [0.1, 0.15) is 58.3 Å². The molecule has 0 amide bonds. The Bertz CT molecular complexity index is 221. The monoisotopic (exact) mass is 255 g/mol. The van der Waals surface area contributed by atoms with Gasteiger partial charge in [-0.3, -0.25) is 0 Å². The third-order valence-corrected chi connectivity index (χ3v) is 4.48. The molecular formula is C15H29NO2. The standard InChI is InChI=1S/C15H29NO2/c1-12-6-8-13(9-7-12)16-10-14(17)11-18-15-4-2-3-5-15/h12-17H,2-11H2,1H3. The summed E-state index contributed by atoms with van der Waals surface area (Å²) in [5.41, 5.74) is 0. The van der Waals surface area contributed by atoms with Crippen molar-refractivity contribution in [2.45, 2.75) is 76.5 Å². The molecule has 0 heterocycles. The lowest BCUT2D eigenvalue weighted by Gasteiger charge is -2.28. The lowest BCUT2D eigenvalue weighted by molar-refractivity contribution is -0.00669. The van der Waals surface area contributed by atoms with Crippen LogP contribution in [0.25, 0.3) is 0 Å². The van der Waals surface area contributed by atoms with Crippen molar-refractivity contribution in [2.75, 3.05) is 13.2 Å². The molecule has 0 aromatic heterocycles. The average Bonchev–Trinajstić information content (AvgIpc) is 2.89. The molecule has 1 atom stereocenters. The van der Waals surface area contributed by atoms with Crippen molar-refractivity contribution in [3.05, 3.63) is 0 Å². The zero-order valence-corrected chi connectivity index (χ0v) is 11.7. The van der Waals surface area contributed by atoms with Crippen LogP contribution in [0.15, 0.2) is 0 Å². The second-order valence-corrected chi connectivity index (χ2v) is 6.26. The highest BCUT2D eigenvalue weighted by Crippen LogP contribution is 2.23. The number of aliphatic hydroxyl groups is 1. The van der Waals surface area contributed by atoms with Gasteiger partial charge in [-0.05, 0) is 44.4 Å². The van der Waals surface area contributed by atoms with Crippen molar-refractivity contribution in [2.24, 2.45) is 5.92 Å². The summed E-state index contributed by atoms with van der Waals surface area (Å²) in [4.78, 5) is 0. The van der Waals surface area contributed by atoms with Gasteiger partial charge in [-0.15, -0.1) is 0 Å². The fourth-order valence-corrected chi connectivity index (χ4v) is 3.13. The molecule has 0 spiro atoms. The Labute approximate surface area is 111 Å². The SMILES string of the molecule is CC1CCC(NCC(O)COC2CCCC2)CC1. The minimum Gasteiger partial charge on any atom is -0.389 e. The number of aliphatic hydroxyl groups excluding tert-OH is 1. The van der Waals surface area contributed by atoms with Crippen LogP contribution in [-0.4, -0.2) is 36.5 Å². The van der Waals surface area contributed by atoms with E-state index in [0.717, 1.165) is 5.92 Å². The van der Waals surface area contributed by atoms with Crippen LogP contribution in [0.5, 0.6) is 0 Å². The van der Waals surface area contributed by atoms with Gasteiger partial charge in [0.25, 0.3) is 0 Å². The van der Waals surface area contributed by atoms with Crippen LogP contribution in [0, 0.1) is 5.92 Å². The van der Waals surface area contributed by atoms with E-state index in [0.29, 0.717) is 25.3 Å². The Balaban J connectivity index is 1.52. The van der Waals surface area contributed by atoms with Gasteiger partial charge in [0.1, 0.15) is 0 Å². The second kappa shape index (κ2) is 7.46. The van der Waals surface area contributed by atoms with Crippen LogP contribution >= 0.6 is 0 Å². The van der Waals surface area contributed by atoms with Crippen molar-refractivity contribution in [3.8, 4) is 0 Å². The summed E-state index contributed by atoms with van der Waals surface area (Å²) in [6.45, 7) is 3.52. The van der Waals surface area contributed by atoms with E-state index in [9.17, 15) is 5.11 Å². The normalized spacial score (nSPS) is 31.7. The molecule has 18 heavy (non-hydrogen) atoms. The lowest BCUT2D eigenvalue weighted by atomic mass is 9.87. The largest absolute Gasteiger partial charge is 0.389 e. The van der Waals surface area contributed by atoms with Crippen LogP contribution < -0.4 is 5.32 Å². The minimum absolute atomic E-state index is 0.343. The number of nitrogens with one attached hydrogen (secondary N) is 1. The Morgan fingerprint density at radius 3 is 2.44 bits per heavy atom. The first kappa shape index (κ1) is 14.3. The third-order valence-electron chi connectivity index (χ3n) is 4.48. The van der Waals surface area contributed by atoms with Gasteiger partial charge in [0.05, 0.1) is 18.8 Å². The minimum atomic E-state index is -0.343. The van der Waals surface area contributed by atoms with Crippen molar-refractivity contribution >= 4 is 0 Å². The maximum absolute atomic E-state index is 9.90. The molecule has 0 bridgehead atoms. The van der Waals surface area contributed by atoms with Crippen molar-refractivity contribution in [1.29, 1.82) is 0 Å². The van der Waals surface area contributed by atoms with Gasteiger partial charge < -0.3 is 15.2 Å². The molecule has 0 aliphatic heterocycles. The molecule has 0 saturated heterocycles. The molecule has 2 N–H and O–H groups in total. The maximum Gasteiger partial charge on any atom is 0.0897 e. The second-order valence-electron chi connectivity index (χ2n) is 6.26. The Kier molecular flexibility index (Phi) is 5.93. The van der Waals surface area contributed by atoms with Crippen LogP contribution in [-0.2, 0) is 4.74 Å². The first-order chi connectivity index (χ1) is 8.74. The molecule has 3 nitrogen and oxygen atoms in total. The van der Waals surface area contributed by atoms with Crippen LogP contribution in [0.4, 0.5) is 0 Å². The Morgan fingerprint density at radius 2 is 1.78 bits per heavy atom. The summed E-state index contributed by atoms with van der Waals surface area (Å²) >= 11 is 0. The number of hydrogen-bond donors (Lipinski definition) is 2. The molecule has 2 saturated carbocycles. The molecule has 2 fully saturated rings. The summed E-state index contributed by atoms with van der Waals surface area (Å²) in [7, 11) is 0. The zero-order chi connectivity index (χ0) is 12.8. The van der Waals surface area contributed by atoms with Gasteiger partial charge in [0.2, 0.25) is 0 Å². The first-order valence-corrected chi connectivity index (χ1v) is 7.77. The van der Waals surface area contributed by atoms with Gasteiger partial charge in [-0.1, -0.05) is 19.8 Å². The average molecular weight is 255 g/mol. The molecule has 0 aromatic rings. The third kappa shape index (κ3) is 4.87. The van der Waals surface area contributed by atoms with Gasteiger partial charge in [0, 0.05) is 12.6 Å². The molecule has 0 radical (unpaired) electrons. The topological polar surface area (TPSA) is 41.5 Å².